The lowest BCUT2D eigenvalue weighted by molar-refractivity contribution is -0.138. The zero-order valence-electron chi connectivity index (χ0n) is 7.41. The van der Waals surface area contributed by atoms with Gasteiger partial charge in [0.25, 0.3) is 0 Å². The molecule has 0 atom stereocenters. The molecule has 1 rings (SSSR count). The molecule has 0 radical (unpaired) electrons. The molecule has 0 aliphatic heterocycles. The van der Waals surface area contributed by atoms with E-state index >= 15 is 0 Å². The third kappa shape index (κ3) is 2.65. The topological polar surface area (TPSA) is 20.2 Å². The van der Waals surface area contributed by atoms with Crippen molar-refractivity contribution in [1.82, 2.24) is 0 Å². The zero-order valence-corrected chi connectivity index (χ0v) is 7.41. The van der Waals surface area contributed by atoms with Gasteiger partial charge in [-0.15, -0.1) is 0 Å². The van der Waals surface area contributed by atoms with Gasteiger partial charge in [-0.1, -0.05) is 0 Å². The van der Waals surface area contributed by atoms with Crippen molar-refractivity contribution >= 4 is 0 Å². The molecule has 1 N–H and O–H groups in total. The third-order valence-electron chi connectivity index (χ3n) is 1.83. The molecule has 0 spiro atoms. The van der Waals surface area contributed by atoms with Crippen molar-refractivity contribution in [1.29, 1.82) is 0 Å². The summed E-state index contributed by atoms with van der Waals surface area (Å²) in [6.45, 7) is -0.529. The van der Waals surface area contributed by atoms with E-state index in [9.17, 15) is 22.0 Å². The molecule has 0 amide bonds. The van der Waals surface area contributed by atoms with E-state index in [1.807, 2.05) is 0 Å². The lowest BCUT2D eigenvalue weighted by atomic mass is 10.1. The molecule has 84 valence electrons. The molecule has 0 saturated heterocycles. The van der Waals surface area contributed by atoms with E-state index in [0.29, 0.717) is 0 Å². The molecular weight excluding hydrogens is 219 g/mol. The molecule has 1 nitrogen and oxygen atoms in total. The Kier molecular flexibility index (Phi) is 3.28. The van der Waals surface area contributed by atoms with E-state index in [1.165, 1.54) is 0 Å². The molecule has 0 fully saturated rings. The summed E-state index contributed by atoms with van der Waals surface area (Å²) in [5, 5.41) is 8.44. The Morgan fingerprint density at radius 1 is 1.07 bits per heavy atom. The van der Waals surface area contributed by atoms with Crippen LogP contribution in [0.25, 0.3) is 0 Å². The highest BCUT2D eigenvalue weighted by atomic mass is 19.4. The van der Waals surface area contributed by atoms with Crippen LogP contribution >= 0.6 is 0 Å². The molecule has 1 aromatic rings. The fraction of sp³-hybridized carbons (Fsp3) is 0.333. The first-order valence-corrected chi connectivity index (χ1v) is 4.02. The van der Waals surface area contributed by atoms with Gasteiger partial charge in [0.15, 0.2) is 0 Å². The van der Waals surface area contributed by atoms with E-state index in [-0.39, 0.29) is 18.6 Å². The van der Waals surface area contributed by atoms with Crippen LogP contribution in [0.4, 0.5) is 22.0 Å². The quantitative estimate of drug-likeness (QED) is 0.768. The monoisotopic (exact) mass is 226 g/mol. The van der Waals surface area contributed by atoms with Crippen LogP contribution in [0.2, 0.25) is 0 Å². The normalized spacial score (nSPS) is 11.9. The van der Waals surface area contributed by atoms with Crippen molar-refractivity contribution in [3.63, 3.8) is 0 Å². The van der Waals surface area contributed by atoms with E-state index in [4.69, 9.17) is 5.11 Å². The number of alkyl halides is 3. The minimum Gasteiger partial charge on any atom is -0.396 e. The molecule has 0 saturated carbocycles. The van der Waals surface area contributed by atoms with Crippen LogP contribution in [0.5, 0.6) is 0 Å². The smallest absolute Gasteiger partial charge is 0.396 e. The summed E-state index contributed by atoms with van der Waals surface area (Å²) >= 11 is 0. The van der Waals surface area contributed by atoms with Crippen molar-refractivity contribution in [2.75, 3.05) is 6.61 Å². The van der Waals surface area contributed by atoms with Gasteiger partial charge in [-0.3, -0.25) is 0 Å². The number of benzene rings is 1. The number of rotatable bonds is 2. The van der Waals surface area contributed by atoms with Crippen molar-refractivity contribution < 1.29 is 27.1 Å². The molecule has 0 unspecified atom stereocenters. The van der Waals surface area contributed by atoms with Crippen LogP contribution in [0.1, 0.15) is 11.1 Å². The van der Waals surface area contributed by atoms with Crippen molar-refractivity contribution in [3.8, 4) is 0 Å². The van der Waals surface area contributed by atoms with Gasteiger partial charge in [0.2, 0.25) is 0 Å². The van der Waals surface area contributed by atoms with Gasteiger partial charge < -0.3 is 5.11 Å². The average molecular weight is 226 g/mol. The predicted octanol–water partition coefficient (Wildman–Crippen LogP) is 2.52. The van der Waals surface area contributed by atoms with Crippen LogP contribution in [-0.4, -0.2) is 11.7 Å². The number of hydrogen-bond donors (Lipinski definition) is 1. The Morgan fingerprint density at radius 3 is 1.87 bits per heavy atom. The van der Waals surface area contributed by atoms with E-state index in [1.54, 1.807) is 0 Å². The van der Waals surface area contributed by atoms with Gasteiger partial charge in [-0.25, -0.2) is 8.78 Å². The van der Waals surface area contributed by atoms with Crippen molar-refractivity contribution in [2.45, 2.75) is 12.6 Å². The summed E-state index contributed by atoms with van der Waals surface area (Å²) in [6, 6.07) is 0.433. The molecule has 1 aromatic carbocycles. The lowest BCUT2D eigenvalue weighted by Crippen LogP contribution is -2.09. The molecule has 0 aromatic heterocycles. The molecule has 0 aliphatic rings. The highest BCUT2D eigenvalue weighted by Crippen LogP contribution is 2.31. The number of halogens is 5. The predicted molar refractivity (Wildman–Crippen MR) is 42.1 cm³/mol. The molecule has 0 bridgehead atoms. The van der Waals surface area contributed by atoms with Gasteiger partial charge in [0.1, 0.15) is 11.6 Å². The van der Waals surface area contributed by atoms with Gasteiger partial charge in [-0.05, 0) is 12.1 Å². The summed E-state index contributed by atoms with van der Waals surface area (Å²) in [5.41, 5.74) is -1.91. The van der Waals surface area contributed by atoms with E-state index in [2.05, 4.69) is 0 Å². The Bertz CT molecular complexity index is 335. The first-order valence-electron chi connectivity index (χ1n) is 4.02. The SMILES string of the molecule is OCCc1c(F)cc(C(F)(F)F)cc1F. The van der Waals surface area contributed by atoms with Gasteiger partial charge in [-0.2, -0.15) is 13.2 Å². The van der Waals surface area contributed by atoms with Crippen LogP contribution in [0.15, 0.2) is 12.1 Å². The van der Waals surface area contributed by atoms with Crippen molar-refractivity contribution in [3.05, 3.63) is 34.9 Å². The summed E-state index contributed by atoms with van der Waals surface area (Å²) in [7, 11) is 0. The second-order valence-electron chi connectivity index (χ2n) is 2.89. The minimum atomic E-state index is -4.78. The highest BCUT2D eigenvalue weighted by molar-refractivity contribution is 5.28. The third-order valence-corrected chi connectivity index (χ3v) is 1.83. The van der Waals surface area contributed by atoms with Crippen LogP contribution < -0.4 is 0 Å². The lowest BCUT2D eigenvalue weighted by Gasteiger charge is -2.09. The Hall–Kier alpha value is -1.17. The van der Waals surface area contributed by atoms with Crippen LogP contribution in [0.3, 0.4) is 0 Å². The first-order chi connectivity index (χ1) is 6.86. The maximum absolute atomic E-state index is 13.0. The molecule has 6 heteroatoms. The van der Waals surface area contributed by atoms with Gasteiger partial charge in [0, 0.05) is 18.6 Å². The Balaban J connectivity index is 3.19. The number of hydrogen-bond acceptors (Lipinski definition) is 1. The zero-order chi connectivity index (χ0) is 11.6. The minimum absolute atomic E-state index is 0.216. The molecule has 0 aliphatic carbocycles. The van der Waals surface area contributed by atoms with Crippen LogP contribution in [0, 0.1) is 11.6 Å². The second kappa shape index (κ2) is 4.14. The fourth-order valence-electron chi connectivity index (χ4n) is 1.12. The van der Waals surface area contributed by atoms with Crippen LogP contribution in [-0.2, 0) is 12.6 Å². The second-order valence-corrected chi connectivity index (χ2v) is 2.89. The molecule has 0 heterocycles. The van der Waals surface area contributed by atoms with Gasteiger partial charge in [0.05, 0.1) is 5.56 Å². The standard InChI is InChI=1S/C9H7F5O/c10-7-3-5(9(12,13)14)4-8(11)6(7)1-2-15/h3-4,15H,1-2H2. The average Bonchev–Trinajstić information content (AvgIpc) is 2.09. The highest BCUT2D eigenvalue weighted by Gasteiger charge is 2.32. The van der Waals surface area contributed by atoms with E-state index in [0.717, 1.165) is 0 Å². The Labute approximate surface area is 82.1 Å². The summed E-state index contributed by atoms with van der Waals surface area (Å²) in [6.07, 6.45) is -5.13. The fourth-order valence-corrected chi connectivity index (χ4v) is 1.12. The largest absolute Gasteiger partial charge is 0.416 e. The summed E-state index contributed by atoms with van der Waals surface area (Å²) in [5.74, 6) is -2.59. The number of aliphatic hydroxyl groups is 1. The molecule has 15 heavy (non-hydrogen) atoms. The Morgan fingerprint density at radius 2 is 1.53 bits per heavy atom. The summed E-state index contributed by atoms with van der Waals surface area (Å²) < 4.78 is 62.2. The first kappa shape index (κ1) is 11.9. The maximum Gasteiger partial charge on any atom is 0.416 e. The molecular formula is C9H7F5O. The van der Waals surface area contributed by atoms with Crippen molar-refractivity contribution in [2.24, 2.45) is 0 Å². The summed E-state index contributed by atoms with van der Waals surface area (Å²) in [4.78, 5) is 0. The number of aliphatic hydroxyl groups excluding tert-OH is 1. The maximum atomic E-state index is 13.0. The van der Waals surface area contributed by atoms with Gasteiger partial charge >= 0.3 is 6.18 Å². The van der Waals surface area contributed by atoms with E-state index < -0.39 is 35.5 Å².